The van der Waals surface area contributed by atoms with E-state index >= 15 is 0 Å². The topological polar surface area (TPSA) is 69.6 Å². The fraction of sp³-hybridized carbons (Fsp3) is 0.857. The summed E-state index contributed by atoms with van der Waals surface area (Å²) < 4.78 is 0. The van der Waals surface area contributed by atoms with Crippen molar-refractivity contribution >= 4 is 12.0 Å². The summed E-state index contributed by atoms with van der Waals surface area (Å²) in [5.74, 6) is -0.0797. The van der Waals surface area contributed by atoms with Gasteiger partial charge in [0.15, 0.2) is 0 Å². The molecule has 1 saturated heterocycles. The summed E-state index contributed by atoms with van der Waals surface area (Å²) in [6.45, 7) is 5.69. The molecule has 1 fully saturated rings. The molecule has 2 atom stereocenters. The molecule has 0 aromatic carbocycles. The number of amides is 2. The van der Waals surface area contributed by atoms with Gasteiger partial charge in [0.2, 0.25) is 0 Å². The van der Waals surface area contributed by atoms with E-state index in [0.29, 0.717) is 6.42 Å². The van der Waals surface area contributed by atoms with E-state index in [9.17, 15) is 9.59 Å². The van der Waals surface area contributed by atoms with Gasteiger partial charge in [0.25, 0.3) is 0 Å². The minimum atomic E-state index is -0.818. The number of hydrogen-bond donors (Lipinski definition) is 2. The Bertz CT molecular complexity index is 307. The third-order valence-electron chi connectivity index (χ3n) is 3.87. The molecule has 0 saturated carbocycles. The van der Waals surface area contributed by atoms with E-state index < -0.39 is 5.97 Å². The van der Waals surface area contributed by atoms with Gasteiger partial charge in [-0.15, -0.1) is 0 Å². The number of nitrogens with zero attached hydrogens (tertiary/aromatic N) is 1. The Morgan fingerprint density at radius 1 is 1.37 bits per heavy atom. The minimum absolute atomic E-state index is 0.0466. The number of urea groups is 1. The van der Waals surface area contributed by atoms with Crippen LogP contribution in [0.2, 0.25) is 0 Å². The van der Waals surface area contributed by atoms with Gasteiger partial charge in [0, 0.05) is 25.6 Å². The average Bonchev–Trinajstić information content (AvgIpc) is 2.61. The van der Waals surface area contributed by atoms with Crippen molar-refractivity contribution in [2.24, 2.45) is 5.92 Å². The second kappa shape index (κ2) is 8.02. The number of carbonyl (C=O) groups is 2. The van der Waals surface area contributed by atoms with Gasteiger partial charge >= 0.3 is 12.0 Å². The van der Waals surface area contributed by atoms with Crippen molar-refractivity contribution in [1.82, 2.24) is 10.2 Å². The lowest BCUT2D eigenvalue weighted by molar-refractivity contribution is -0.137. The maximum Gasteiger partial charge on any atom is 0.317 e. The molecule has 1 aliphatic rings. The van der Waals surface area contributed by atoms with E-state index in [2.05, 4.69) is 12.2 Å². The van der Waals surface area contributed by atoms with Crippen LogP contribution in [0.5, 0.6) is 0 Å². The number of aliphatic carboxylic acids is 1. The summed E-state index contributed by atoms with van der Waals surface area (Å²) in [7, 11) is 0. The van der Waals surface area contributed by atoms with Crippen LogP contribution in [0.25, 0.3) is 0 Å². The fourth-order valence-corrected chi connectivity index (χ4v) is 2.49. The van der Waals surface area contributed by atoms with Crippen LogP contribution in [0, 0.1) is 5.92 Å². The van der Waals surface area contributed by atoms with Gasteiger partial charge in [-0.05, 0) is 38.5 Å². The molecule has 1 aliphatic heterocycles. The third kappa shape index (κ3) is 5.94. The number of hydrogen-bond acceptors (Lipinski definition) is 2. The lowest BCUT2D eigenvalue weighted by atomic mass is 9.98. The van der Waals surface area contributed by atoms with Crippen LogP contribution >= 0.6 is 0 Å². The lowest BCUT2D eigenvalue weighted by Gasteiger charge is -2.23. The first-order chi connectivity index (χ1) is 9.02. The minimum Gasteiger partial charge on any atom is -0.481 e. The van der Waals surface area contributed by atoms with Crippen molar-refractivity contribution in [3.8, 4) is 0 Å². The van der Waals surface area contributed by atoms with E-state index in [1.165, 1.54) is 12.8 Å². The van der Waals surface area contributed by atoms with Crippen molar-refractivity contribution < 1.29 is 14.7 Å². The summed E-state index contributed by atoms with van der Waals surface area (Å²) in [6, 6.07) is -0.136. The molecular formula is C14H26N2O3. The Kier molecular flexibility index (Phi) is 6.67. The Balaban J connectivity index is 2.34. The third-order valence-corrected chi connectivity index (χ3v) is 3.87. The summed E-state index contributed by atoms with van der Waals surface area (Å²) in [4.78, 5) is 24.4. The zero-order valence-corrected chi connectivity index (χ0v) is 12.0. The number of carbonyl (C=O) groups excluding carboxylic acids is 1. The van der Waals surface area contributed by atoms with Gasteiger partial charge in [0.1, 0.15) is 0 Å². The maximum atomic E-state index is 12.1. The van der Waals surface area contributed by atoms with Crippen molar-refractivity contribution in [2.45, 2.75) is 58.4 Å². The van der Waals surface area contributed by atoms with Gasteiger partial charge in [-0.25, -0.2) is 4.79 Å². The first-order valence-corrected chi connectivity index (χ1v) is 7.30. The van der Waals surface area contributed by atoms with E-state index in [4.69, 9.17) is 5.11 Å². The highest BCUT2D eigenvalue weighted by Crippen LogP contribution is 2.20. The zero-order chi connectivity index (χ0) is 14.3. The Morgan fingerprint density at radius 2 is 2.11 bits per heavy atom. The van der Waals surface area contributed by atoms with Crippen LogP contribution in [0.4, 0.5) is 4.79 Å². The van der Waals surface area contributed by atoms with E-state index in [-0.39, 0.29) is 18.5 Å². The molecule has 110 valence electrons. The smallest absolute Gasteiger partial charge is 0.317 e. The number of likely N-dealkylation sites (tertiary alicyclic amines) is 1. The first-order valence-electron chi connectivity index (χ1n) is 7.30. The highest BCUT2D eigenvalue weighted by Gasteiger charge is 2.20. The molecule has 0 aliphatic carbocycles. The van der Waals surface area contributed by atoms with Gasteiger partial charge < -0.3 is 15.3 Å². The Hall–Kier alpha value is -1.26. The number of carboxylic acid groups (broad SMARTS) is 1. The largest absolute Gasteiger partial charge is 0.481 e. The molecule has 2 N–H and O–H groups in total. The molecule has 1 rings (SSSR count). The number of carboxylic acids is 1. The molecule has 19 heavy (non-hydrogen) atoms. The van der Waals surface area contributed by atoms with Gasteiger partial charge in [-0.3, -0.25) is 4.79 Å². The standard InChI is InChI=1S/C14H26N2O3/c1-3-12-5-4-9-16(10-8-12)14(19)15-11(2)6-7-13(17)18/h11-12H,3-10H2,1-2H3,(H,15,19)(H,17,18). The molecule has 0 bridgehead atoms. The van der Waals surface area contributed by atoms with E-state index in [1.807, 2.05) is 11.8 Å². The van der Waals surface area contributed by atoms with Crippen LogP contribution in [-0.2, 0) is 4.79 Å². The van der Waals surface area contributed by atoms with Crippen LogP contribution in [0.3, 0.4) is 0 Å². The summed E-state index contributed by atoms with van der Waals surface area (Å²) >= 11 is 0. The monoisotopic (exact) mass is 270 g/mol. The Morgan fingerprint density at radius 3 is 2.74 bits per heavy atom. The molecule has 0 radical (unpaired) electrons. The van der Waals surface area contributed by atoms with Crippen LogP contribution in [-0.4, -0.2) is 41.1 Å². The molecule has 0 aromatic heterocycles. The SMILES string of the molecule is CCC1CCCN(C(=O)NC(C)CCC(=O)O)CC1. The normalized spacial score (nSPS) is 21.6. The van der Waals surface area contributed by atoms with Crippen LogP contribution < -0.4 is 5.32 Å². The molecule has 2 amide bonds. The second-order valence-electron chi connectivity index (χ2n) is 5.48. The maximum absolute atomic E-state index is 12.1. The summed E-state index contributed by atoms with van der Waals surface area (Å²) in [5, 5.41) is 11.5. The second-order valence-corrected chi connectivity index (χ2v) is 5.48. The fourth-order valence-electron chi connectivity index (χ4n) is 2.49. The molecule has 0 spiro atoms. The molecule has 0 aromatic rings. The zero-order valence-electron chi connectivity index (χ0n) is 12.0. The molecule has 1 heterocycles. The highest BCUT2D eigenvalue weighted by molar-refractivity contribution is 5.74. The average molecular weight is 270 g/mol. The van der Waals surface area contributed by atoms with Gasteiger partial charge in [-0.1, -0.05) is 13.3 Å². The molecule has 5 heteroatoms. The van der Waals surface area contributed by atoms with Crippen molar-refractivity contribution in [3.63, 3.8) is 0 Å². The van der Waals surface area contributed by atoms with Crippen LogP contribution in [0.1, 0.15) is 52.4 Å². The van der Waals surface area contributed by atoms with Crippen LogP contribution in [0.15, 0.2) is 0 Å². The molecule has 2 unspecified atom stereocenters. The Labute approximate surface area is 115 Å². The number of nitrogens with one attached hydrogen (secondary N) is 1. The van der Waals surface area contributed by atoms with Crippen molar-refractivity contribution in [2.75, 3.05) is 13.1 Å². The van der Waals surface area contributed by atoms with E-state index in [1.54, 1.807) is 0 Å². The number of rotatable bonds is 5. The molecular weight excluding hydrogens is 244 g/mol. The van der Waals surface area contributed by atoms with Crippen molar-refractivity contribution in [1.29, 1.82) is 0 Å². The summed E-state index contributed by atoms with van der Waals surface area (Å²) in [6.07, 6.45) is 5.11. The highest BCUT2D eigenvalue weighted by atomic mass is 16.4. The quantitative estimate of drug-likeness (QED) is 0.806. The summed E-state index contributed by atoms with van der Waals surface area (Å²) in [5.41, 5.74) is 0. The lowest BCUT2D eigenvalue weighted by Crippen LogP contribution is -2.44. The predicted octanol–water partition coefficient (Wildman–Crippen LogP) is 2.46. The van der Waals surface area contributed by atoms with Gasteiger partial charge in [0.05, 0.1) is 0 Å². The van der Waals surface area contributed by atoms with Gasteiger partial charge in [-0.2, -0.15) is 0 Å². The van der Waals surface area contributed by atoms with Crippen molar-refractivity contribution in [3.05, 3.63) is 0 Å². The predicted molar refractivity (Wildman–Crippen MR) is 74.1 cm³/mol. The molecule has 5 nitrogen and oxygen atoms in total. The first kappa shape index (κ1) is 15.8. The van der Waals surface area contributed by atoms with E-state index in [0.717, 1.165) is 31.8 Å².